The van der Waals surface area contributed by atoms with Crippen LogP contribution in [-0.2, 0) is 12.0 Å². The Morgan fingerprint density at radius 2 is 1.12 bits per heavy atom. The van der Waals surface area contributed by atoms with Gasteiger partial charge in [-0.1, -0.05) is 212 Å². The lowest BCUT2D eigenvalue weighted by Gasteiger charge is -2.40. The predicted octanol–water partition coefficient (Wildman–Crippen LogP) is 13.9. The standard InChI is InChI=1S/C59H40N4S/c60-57(63-58(61-37-38-16-3-1-4-17-38)41-32-30-40(31-33-41)39-18-5-2-6-19-39)43-21-15-20-42(36-43)55-47-34-35-51-56(54(47)46-24-9-13-28-52(46)62-55)64-53-29-14-12-27-50(53)59(51)48-25-10-7-22-44(48)45-23-8-11-26-49(45)59/h1-36H,37H2,(H2,60,61,63). The minimum Gasteiger partial charge on any atom is -0.383 e. The Bertz CT molecular complexity index is 3460. The topological polar surface area (TPSA) is 63.6 Å². The average Bonchev–Trinajstić information content (AvgIpc) is 3.66. The minimum atomic E-state index is -0.477. The minimum absolute atomic E-state index is 0.385. The van der Waals surface area contributed by atoms with Crippen molar-refractivity contribution in [3.05, 3.63) is 257 Å². The molecule has 5 heteroatoms. The Kier molecular flexibility index (Phi) is 9.17. The van der Waals surface area contributed by atoms with E-state index in [4.69, 9.17) is 20.7 Å². The Balaban J connectivity index is 1.01. The molecule has 0 radical (unpaired) electrons. The van der Waals surface area contributed by atoms with Crippen molar-refractivity contribution in [3.8, 4) is 33.5 Å². The van der Waals surface area contributed by atoms with Crippen LogP contribution in [0.25, 0.3) is 55.2 Å². The SMILES string of the molecule is NC(=NC(=NCc1ccccc1)c1ccc(-c2ccccc2)cc1)c1cccc(-c2nc3ccccc3c3c4c(ccc23)C2(c3ccccc3S4)c3ccccc3-c3ccccc32)c1. The lowest BCUT2D eigenvalue weighted by Crippen LogP contribution is -2.32. The first-order valence-electron chi connectivity index (χ1n) is 21.7. The molecular weight excluding hydrogens is 797 g/mol. The summed E-state index contributed by atoms with van der Waals surface area (Å²) in [6.45, 7) is 0.478. The molecule has 0 atom stereocenters. The first kappa shape index (κ1) is 37.9. The van der Waals surface area contributed by atoms with E-state index in [2.05, 4.69) is 188 Å². The number of amidine groups is 2. The summed E-state index contributed by atoms with van der Waals surface area (Å²) in [5.74, 6) is 0.963. The first-order chi connectivity index (χ1) is 31.6. The lowest BCUT2D eigenvalue weighted by molar-refractivity contribution is 0.726. The summed E-state index contributed by atoms with van der Waals surface area (Å²) in [5, 5.41) is 3.44. The summed E-state index contributed by atoms with van der Waals surface area (Å²) in [7, 11) is 0. The summed E-state index contributed by atoms with van der Waals surface area (Å²) in [6.07, 6.45) is 0. The zero-order chi connectivity index (χ0) is 42.6. The average molecular weight is 837 g/mol. The van der Waals surface area contributed by atoms with Crippen molar-refractivity contribution in [1.29, 1.82) is 0 Å². The van der Waals surface area contributed by atoms with E-state index in [0.717, 1.165) is 55.4 Å². The largest absolute Gasteiger partial charge is 0.383 e. The van der Waals surface area contributed by atoms with E-state index in [-0.39, 0.29) is 0 Å². The zero-order valence-corrected chi connectivity index (χ0v) is 35.6. The van der Waals surface area contributed by atoms with Gasteiger partial charge in [-0.25, -0.2) is 9.98 Å². The second-order valence-electron chi connectivity index (χ2n) is 16.4. The van der Waals surface area contributed by atoms with Crippen molar-refractivity contribution >= 4 is 45.1 Å². The molecule has 0 amide bonds. The lowest BCUT2D eigenvalue weighted by atomic mass is 9.67. The van der Waals surface area contributed by atoms with Gasteiger partial charge in [0.2, 0.25) is 0 Å². The van der Waals surface area contributed by atoms with Gasteiger partial charge in [0.05, 0.1) is 23.2 Å². The van der Waals surface area contributed by atoms with E-state index in [1.807, 2.05) is 42.1 Å². The molecule has 0 unspecified atom stereocenters. The van der Waals surface area contributed by atoms with Crippen LogP contribution >= 0.6 is 11.8 Å². The molecule has 2 heterocycles. The van der Waals surface area contributed by atoms with E-state index in [1.165, 1.54) is 48.6 Å². The van der Waals surface area contributed by atoms with Crippen molar-refractivity contribution in [2.45, 2.75) is 21.8 Å². The second kappa shape index (κ2) is 15.5. The van der Waals surface area contributed by atoms with Crippen molar-refractivity contribution in [3.63, 3.8) is 0 Å². The molecule has 1 aromatic heterocycles. The van der Waals surface area contributed by atoms with Crippen LogP contribution in [0.15, 0.2) is 238 Å². The summed E-state index contributed by atoms with van der Waals surface area (Å²) >= 11 is 1.88. The molecule has 12 rings (SSSR count). The molecule has 0 saturated carbocycles. The van der Waals surface area contributed by atoms with Gasteiger partial charge in [0.1, 0.15) is 5.84 Å². The molecular formula is C59H40N4S. The smallest absolute Gasteiger partial charge is 0.157 e. The van der Waals surface area contributed by atoms with Crippen LogP contribution in [0.2, 0.25) is 0 Å². The molecule has 9 aromatic carbocycles. The number of aliphatic imine (C=N–C) groups is 2. The van der Waals surface area contributed by atoms with Crippen molar-refractivity contribution < 1.29 is 0 Å². The summed E-state index contributed by atoms with van der Waals surface area (Å²) < 4.78 is 0. The van der Waals surface area contributed by atoms with Gasteiger partial charge in [-0.05, 0) is 68.3 Å². The molecule has 302 valence electrons. The monoisotopic (exact) mass is 836 g/mol. The van der Waals surface area contributed by atoms with Gasteiger partial charge in [0.15, 0.2) is 5.84 Å². The number of fused-ring (bicyclic) bond motifs is 13. The first-order valence-corrected chi connectivity index (χ1v) is 22.5. The van der Waals surface area contributed by atoms with Crippen molar-refractivity contribution in [2.24, 2.45) is 15.7 Å². The van der Waals surface area contributed by atoms with Crippen LogP contribution < -0.4 is 5.73 Å². The molecule has 1 aliphatic carbocycles. The normalized spacial score (nSPS) is 13.7. The van der Waals surface area contributed by atoms with Crippen LogP contribution in [0.5, 0.6) is 0 Å². The van der Waals surface area contributed by atoms with Crippen molar-refractivity contribution in [1.82, 2.24) is 4.98 Å². The maximum absolute atomic E-state index is 7.00. The quantitative estimate of drug-likeness (QED) is 0.103. The van der Waals surface area contributed by atoms with Crippen molar-refractivity contribution in [2.75, 3.05) is 0 Å². The van der Waals surface area contributed by atoms with Gasteiger partial charge in [-0.15, -0.1) is 0 Å². The van der Waals surface area contributed by atoms with Crippen LogP contribution in [0.4, 0.5) is 0 Å². The third-order valence-electron chi connectivity index (χ3n) is 12.8. The Labute approximate surface area is 376 Å². The third kappa shape index (κ3) is 6.11. The van der Waals surface area contributed by atoms with Gasteiger partial charge >= 0.3 is 0 Å². The van der Waals surface area contributed by atoms with Crippen LogP contribution in [0.3, 0.4) is 0 Å². The molecule has 64 heavy (non-hydrogen) atoms. The molecule has 4 nitrogen and oxygen atoms in total. The molecule has 0 fully saturated rings. The Hall–Kier alpha value is -7.86. The fourth-order valence-electron chi connectivity index (χ4n) is 9.96. The zero-order valence-electron chi connectivity index (χ0n) is 34.8. The number of para-hydroxylation sites is 1. The summed E-state index contributed by atoms with van der Waals surface area (Å²) in [6, 6.07) is 77.5. The molecule has 1 aliphatic heterocycles. The van der Waals surface area contributed by atoms with Crippen LogP contribution in [0, 0.1) is 0 Å². The summed E-state index contributed by atoms with van der Waals surface area (Å²) in [4.78, 5) is 18.0. The highest BCUT2D eigenvalue weighted by atomic mass is 32.2. The fraction of sp³-hybridized carbons (Fsp3) is 0.0339. The highest BCUT2D eigenvalue weighted by Crippen LogP contribution is 2.63. The van der Waals surface area contributed by atoms with E-state index in [9.17, 15) is 0 Å². The molecule has 2 N–H and O–H groups in total. The number of nitrogens with zero attached hydrogens (tertiary/aromatic N) is 3. The van der Waals surface area contributed by atoms with E-state index in [1.54, 1.807) is 0 Å². The van der Waals surface area contributed by atoms with Gasteiger partial charge < -0.3 is 5.73 Å². The molecule has 0 bridgehead atoms. The summed E-state index contributed by atoms with van der Waals surface area (Å²) in [5.41, 5.74) is 22.3. The third-order valence-corrected chi connectivity index (χ3v) is 14.0. The molecule has 10 aromatic rings. The van der Waals surface area contributed by atoms with E-state index >= 15 is 0 Å². The highest BCUT2D eigenvalue weighted by molar-refractivity contribution is 7.99. The van der Waals surface area contributed by atoms with E-state index < -0.39 is 5.41 Å². The number of aromatic nitrogens is 1. The number of pyridine rings is 1. The number of benzene rings is 9. The van der Waals surface area contributed by atoms with E-state index in [0.29, 0.717) is 18.2 Å². The van der Waals surface area contributed by atoms with Crippen LogP contribution in [-0.4, -0.2) is 16.7 Å². The van der Waals surface area contributed by atoms with Gasteiger partial charge in [0.25, 0.3) is 0 Å². The second-order valence-corrected chi connectivity index (χ2v) is 17.5. The fourth-order valence-corrected chi connectivity index (χ4v) is 11.3. The van der Waals surface area contributed by atoms with Gasteiger partial charge in [0, 0.05) is 42.6 Å². The molecule has 0 saturated heterocycles. The Morgan fingerprint density at radius 3 is 1.89 bits per heavy atom. The number of rotatable bonds is 6. The number of hydrogen-bond acceptors (Lipinski definition) is 3. The maximum Gasteiger partial charge on any atom is 0.157 e. The number of hydrogen-bond donors (Lipinski definition) is 1. The molecule has 2 aliphatic rings. The predicted molar refractivity (Wildman–Crippen MR) is 265 cm³/mol. The van der Waals surface area contributed by atoms with Gasteiger partial charge in [-0.2, -0.15) is 0 Å². The number of nitrogens with two attached hydrogens (primary N) is 1. The maximum atomic E-state index is 7.00. The van der Waals surface area contributed by atoms with Gasteiger partial charge in [-0.3, -0.25) is 4.99 Å². The Morgan fingerprint density at radius 1 is 0.500 bits per heavy atom. The highest BCUT2D eigenvalue weighted by Gasteiger charge is 2.50. The molecule has 1 spiro atoms. The van der Waals surface area contributed by atoms with Crippen LogP contribution in [0.1, 0.15) is 38.9 Å².